The van der Waals surface area contributed by atoms with Gasteiger partial charge in [-0.25, -0.2) is 9.18 Å². The van der Waals surface area contributed by atoms with E-state index in [9.17, 15) is 18.8 Å². The van der Waals surface area contributed by atoms with Crippen molar-refractivity contribution < 1.29 is 23.5 Å². The number of benzene rings is 2. The molecule has 0 aliphatic rings. The average Bonchev–Trinajstić information content (AvgIpc) is 2.61. The van der Waals surface area contributed by atoms with Gasteiger partial charge in [0, 0.05) is 24.1 Å². The third-order valence-electron chi connectivity index (χ3n) is 3.67. The third-order valence-corrected chi connectivity index (χ3v) is 3.67. The van der Waals surface area contributed by atoms with Crippen LogP contribution in [0, 0.1) is 12.7 Å². The number of carbonyl (C=O) groups excluding carboxylic acids is 3. The van der Waals surface area contributed by atoms with E-state index in [0.717, 1.165) is 0 Å². The molecule has 0 saturated heterocycles. The molecule has 2 rings (SSSR count). The van der Waals surface area contributed by atoms with Gasteiger partial charge in [-0.1, -0.05) is 0 Å². The second kappa shape index (κ2) is 8.19. The number of hydrogen-bond acceptors (Lipinski definition) is 4. The van der Waals surface area contributed by atoms with Crippen LogP contribution < -0.4 is 5.32 Å². The fourth-order valence-electron chi connectivity index (χ4n) is 2.27. The highest BCUT2D eigenvalue weighted by atomic mass is 19.1. The van der Waals surface area contributed by atoms with Crippen molar-refractivity contribution >= 4 is 23.3 Å². The van der Waals surface area contributed by atoms with E-state index < -0.39 is 11.8 Å². The zero-order chi connectivity index (χ0) is 18.4. The van der Waals surface area contributed by atoms with Gasteiger partial charge in [0.2, 0.25) is 5.91 Å². The van der Waals surface area contributed by atoms with E-state index in [1.54, 1.807) is 25.1 Å². The molecule has 0 unspecified atom stereocenters. The molecule has 0 radical (unpaired) electrons. The summed E-state index contributed by atoms with van der Waals surface area (Å²) in [7, 11) is 1.30. The lowest BCUT2D eigenvalue weighted by Crippen LogP contribution is -2.14. The van der Waals surface area contributed by atoms with Gasteiger partial charge in [-0.05, 0) is 55.0 Å². The lowest BCUT2D eigenvalue weighted by molar-refractivity contribution is -0.116. The van der Waals surface area contributed by atoms with Gasteiger partial charge in [0.25, 0.3) is 0 Å². The number of hydrogen-bond donors (Lipinski definition) is 1. The Labute approximate surface area is 144 Å². The first-order chi connectivity index (χ1) is 11.9. The number of aryl methyl sites for hydroxylation is 1. The molecule has 0 aliphatic heterocycles. The first kappa shape index (κ1) is 18.3. The van der Waals surface area contributed by atoms with Crippen LogP contribution in [0.15, 0.2) is 42.5 Å². The monoisotopic (exact) mass is 343 g/mol. The molecular formula is C19H18FNO4. The number of carbonyl (C=O) groups is 3. The van der Waals surface area contributed by atoms with Gasteiger partial charge in [0.1, 0.15) is 5.82 Å². The van der Waals surface area contributed by atoms with Crippen LogP contribution in [0.25, 0.3) is 0 Å². The molecule has 25 heavy (non-hydrogen) atoms. The fourth-order valence-corrected chi connectivity index (χ4v) is 2.27. The van der Waals surface area contributed by atoms with Crippen molar-refractivity contribution in [2.45, 2.75) is 19.8 Å². The van der Waals surface area contributed by atoms with E-state index in [2.05, 4.69) is 10.1 Å². The molecule has 0 atom stereocenters. The third kappa shape index (κ3) is 4.97. The molecule has 0 heterocycles. The SMILES string of the molecule is COC(=O)c1ccc(NC(=O)CCC(=O)c2ccc(F)cc2)c(C)c1. The average molecular weight is 343 g/mol. The summed E-state index contributed by atoms with van der Waals surface area (Å²) >= 11 is 0. The van der Waals surface area contributed by atoms with Crippen LogP contribution in [0.3, 0.4) is 0 Å². The fraction of sp³-hybridized carbons (Fsp3) is 0.211. The summed E-state index contributed by atoms with van der Waals surface area (Å²) in [5.41, 5.74) is 2.03. The van der Waals surface area contributed by atoms with E-state index in [-0.39, 0.29) is 24.5 Å². The molecule has 0 spiro atoms. The highest BCUT2D eigenvalue weighted by molar-refractivity contribution is 6.00. The molecule has 1 N–H and O–H groups in total. The summed E-state index contributed by atoms with van der Waals surface area (Å²) in [6, 6.07) is 9.99. The zero-order valence-electron chi connectivity index (χ0n) is 14.0. The van der Waals surface area contributed by atoms with Crippen LogP contribution in [-0.2, 0) is 9.53 Å². The first-order valence-electron chi connectivity index (χ1n) is 7.68. The van der Waals surface area contributed by atoms with Crippen molar-refractivity contribution in [3.05, 3.63) is 65.0 Å². The molecule has 2 aromatic carbocycles. The summed E-state index contributed by atoms with van der Waals surface area (Å²) in [6.45, 7) is 1.76. The number of halogens is 1. The normalized spacial score (nSPS) is 10.2. The number of methoxy groups -OCH3 is 1. The van der Waals surface area contributed by atoms with E-state index in [1.165, 1.54) is 31.4 Å². The molecule has 5 nitrogen and oxygen atoms in total. The second-order valence-electron chi connectivity index (χ2n) is 5.50. The maximum Gasteiger partial charge on any atom is 0.337 e. The first-order valence-corrected chi connectivity index (χ1v) is 7.68. The summed E-state index contributed by atoms with van der Waals surface area (Å²) in [4.78, 5) is 35.5. The summed E-state index contributed by atoms with van der Waals surface area (Å²) in [5, 5.41) is 2.71. The van der Waals surface area contributed by atoms with Crippen molar-refractivity contribution in [1.29, 1.82) is 0 Å². The van der Waals surface area contributed by atoms with Crippen LogP contribution in [-0.4, -0.2) is 24.8 Å². The Morgan fingerprint density at radius 2 is 1.64 bits per heavy atom. The molecule has 0 fully saturated rings. The van der Waals surface area contributed by atoms with Gasteiger partial charge in [0.05, 0.1) is 12.7 Å². The number of esters is 1. The Balaban J connectivity index is 1.93. The molecule has 6 heteroatoms. The quantitative estimate of drug-likeness (QED) is 0.643. The lowest BCUT2D eigenvalue weighted by Gasteiger charge is -2.09. The van der Waals surface area contributed by atoms with Crippen molar-refractivity contribution in [1.82, 2.24) is 0 Å². The maximum atomic E-state index is 12.8. The van der Waals surface area contributed by atoms with E-state index in [1.807, 2.05) is 0 Å². The van der Waals surface area contributed by atoms with Crippen LogP contribution in [0.2, 0.25) is 0 Å². The van der Waals surface area contributed by atoms with Gasteiger partial charge in [0.15, 0.2) is 5.78 Å². The number of anilines is 1. The Morgan fingerprint density at radius 3 is 2.24 bits per heavy atom. The van der Waals surface area contributed by atoms with Crippen molar-refractivity contribution in [3.63, 3.8) is 0 Å². The minimum Gasteiger partial charge on any atom is -0.465 e. The number of amides is 1. The van der Waals surface area contributed by atoms with Crippen LogP contribution >= 0.6 is 0 Å². The molecule has 2 aromatic rings. The molecule has 1 amide bonds. The lowest BCUT2D eigenvalue weighted by atomic mass is 10.1. The number of ether oxygens (including phenoxy) is 1. The van der Waals surface area contributed by atoms with Crippen LogP contribution in [0.1, 0.15) is 39.1 Å². The number of nitrogens with one attached hydrogen (secondary N) is 1. The second-order valence-corrected chi connectivity index (χ2v) is 5.50. The molecule has 0 aromatic heterocycles. The highest BCUT2D eigenvalue weighted by Gasteiger charge is 2.12. The predicted octanol–water partition coefficient (Wildman–Crippen LogP) is 3.52. The van der Waals surface area contributed by atoms with E-state index >= 15 is 0 Å². The van der Waals surface area contributed by atoms with Gasteiger partial charge in [-0.3, -0.25) is 9.59 Å². The zero-order valence-corrected chi connectivity index (χ0v) is 14.0. The van der Waals surface area contributed by atoms with Crippen LogP contribution in [0.5, 0.6) is 0 Å². The van der Waals surface area contributed by atoms with E-state index in [4.69, 9.17) is 0 Å². The topological polar surface area (TPSA) is 72.5 Å². The summed E-state index contributed by atoms with van der Waals surface area (Å²) in [6.07, 6.45) is 0.0329. The van der Waals surface area contributed by atoms with Crippen molar-refractivity contribution in [3.8, 4) is 0 Å². The van der Waals surface area contributed by atoms with Gasteiger partial charge >= 0.3 is 5.97 Å². The van der Waals surface area contributed by atoms with Gasteiger partial charge in [-0.15, -0.1) is 0 Å². The molecular weight excluding hydrogens is 325 g/mol. The molecule has 0 saturated carbocycles. The number of Topliss-reactive ketones (excluding diaryl/α,β-unsaturated/α-hetero) is 1. The van der Waals surface area contributed by atoms with Crippen molar-refractivity contribution in [2.75, 3.05) is 12.4 Å². The molecule has 130 valence electrons. The highest BCUT2D eigenvalue weighted by Crippen LogP contribution is 2.18. The summed E-state index contributed by atoms with van der Waals surface area (Å²) < 4.78 is 17.5. The largest absolute Gasteiger partial charge is 0.465 e. The minimum atomic E-state index is -0.453. The minimum absolute atomic E-state index is 0.00834. The predicted molar refractivity (Wildman–Crippen MR) is 91.1 cm³/mol. The Bertz CT molecular complexity index is 800. The van der Waals surface area contributed by atoms with Crippen molar-refractivity contribution in [2.24, 2.45) is 0 Å². The standard InChI is InChI=1S/C19H18FNO4/c1-12-11-14(19(24)25-2)5-8-16(12)21-18(23)10-9-17(22)13-3-6-15(20)7-4-13/h3-8,11H,9-10H2,1-2H3,(H,21,23). The van der Waals surface area contributed by atoms with Gasteiger partial charge in [-0.2, -0.15) is 0 Å². The summed E-state index contributed by atoms with van der Waals surface area (Å²) in [5.74, 6) is -1.41. The Hall–Kier alpha value is -3.02. The smallest absolute Gasteiger partial charge is 0.337 e. The van der Waals surface area contributed by atoms with Crippen LogP contribution in [0.4, 0.5) is 10.1 Å². The van der Waals surface area contributed by atoms with E-state index in [0.29, 0.717) is 22.4 Å². The molecule has 0 bridgehead atoms. The maximum absolute atomic E-state index is 12.8. The molecule has 0 aliphatic carbocycles. The number of rotatable bonds is 6. The Morgan fingerprint density at radius 1 is 1.00 bits per heavy atom. The van der Waals surface area contributed by atoms with Gasteiger partial charge < -0.3 is 10.1 Å². The number of ketones is 1. The Kier molecular flexibility index (Phi) is 6.00.